The number of rotatable bonds is 3. The van der Waals surface area contributed by atoms with Crippen LogP contribution in [0.1, 0.15) is 34.3 Å². The molecule has 0 fully saturated rings. The van der Waals surface area contributed by atoms with Gasteiger partial charge in [-0.1, -0.05) is 35.5 Å². The fourth-order valence-electron chi connectivity index (χ4n) is 4.36. The van der Waals surface area contributed by atoms with Gasteiger partial charge in [0.2, 0.25) is 11.8 Å². The second kappa shape index (κ2) is 8.63. The van der Waals surface area contributed by atoms with E-state index in [1.807, 2.05) is 0 Å². The van der Waals surface area contributed by atoms with Gasteiger partial charge < -0.3 is 9.88 Å². The molecule has 0 saturated carbocycles. The van der Waals surface area contributed by atoms with E-state index in [4.69, 9.17) is 11.6 Å². The molecule has 0 spiro atoms. The lowest BCUT2D eigenvalue weighted by molar-refractivity contribution is -0.145. The first-order valence-electron chi connectivity index (χ1n) is 10.5. The third-order valence-corrected chi connectivity index (χ3v) is 6.77. The Balaban J connectivity index is 1.76. The normalized spacial score (nSPS) is 16.1. The summed E-state index contributed by atoms with van der Waals surface area (Å²) in [5.41, 5.74) is 2.11. The van der Waals surface area contributed by atoms with Gasteiger partial charge in [-0.2, -0.15) is 28.1 Å². The number of aryl methyl sites for hydroxylation is 1. The van der Waals surface area contributed by atoms with Crippen molar-refractivity contribution in [2.24, 2.45) is 0 Å². The summed E-state index contributed by atoms with van der Waals surface area (Å²) in [5, 5.41) is 1.18. The quantitative estimate of drug-likeness (QED) is 0.245. The van der Waals surface area contributed by atoms with Crippen LogP contribution in [-0.2, 0) is 12.6 Å². The third kappa shape index (κ3) is 4.10. The molecule has 35 heavy (non-hydrogen) atoms. The second-order valence-electron chi connectivity index (χ2n) is 8.10. The van der Waals surface area contributed by atoms with Gasteiger partial charge in [-0.05, 0) is 48.9 Å². The van der Waals surface area contributed by atoms with E-state index in [9.17, 15) is 17.6 Å². The zero-order valence-electron chi connectivity index (χ0n) is 18.3. The highest BCUT2D eigenvalue weighted by atomic mass is 35.5. The van der Waals surface area contributed by atoms with Gasteiger partial charge in [-0.25, -0.2) is 8.78 Å². The van der Waals surface area contributed by atoms with E-state index in [1.165, 1.54) is 24.0 Å². The number of fused-ring (bicyclic) bond motifs is 3. The van der Waals surface area contributed by atoms with E-state index >= 15 is 4.39 Å². The Morgan fingerprint density at radius 1 is 1.09 bits per heavy atom. The molecule has 2 aromatic carbocycles. The predicted molar refractivity (Wildman–Crippen MR) is 124 cm³/mol. The van der Waals surface area contributed by atoms with E-state index in [1.54, 1.807) is 24.5 Å². The van der Waals surface area contributed by atoms with E-state index in [-0.39, 0.29) is 28.8 Å². The molecular weight excluding hydrogens is 509 g/mol. The maximum atomic E-state index is 15.3. The summed E-state index contributed by atoms with van der Waals surface area (Å²) in [6.07, 6.45) is -2.87. The lowest BCUT2D eigenvalue weighted by atomic mass is 9.91. The van der Waals surface area contributed by atoms with Gasteiger partial charge in [0, 0.05) is 33.7 Å². The van der Waals surface area contributed by atoms with Crippen molar-refractivity contribution in [3.63, 3.8) is 0 Å². The number of aromatic amines is 1. The van der Waals surface area contributed by atoms with E-state index in [0.29, 0.717) is 17.1 Å². The number of H-pyrrole nitrogens is 1. The molecule has 5 rings (SSSR count). The number of hydrogen-bond donors (Lipinski definition) is 1. The Kier molecular flexibility index (Phi) is 5.87. The van der Waals surface area contributed by atoms with Crippen molar-refractivity contribution in [2.45, 2.75) is 30.7 Å². The lowest BCUT2D eigenvalue weighted by Crippen LogP contribution is -2.38. The van der Waals surface area contributed by atoms with Crippen molar-refractivity contribution in [3.05, 3.63) is 75.2 Å². The van der Waals surface area contributed by atoms with Crippen molar-refractivity contribution in [3.8, 4) is 0 Å². The first-order valence-corrected chi connectivity index (χ1v) is 12.1. The Morgan fingerprint density at radius 3 is 2.57 bits per heavy atom. The molecule has 1 aliphatic heterocycles. The third-order valence-electron chi connectivity index (χ3n) is 5.98. The molecule has 3 heterocycles. The van der Waals surface area contributed by atoms with E-state index in [0.717, 1.165) is 28.2 Å². The van der Waals surface area contributed by atoms with Gasteiger partial charge in [0.05, 0.1) is 0 Å². The minimum absolute atomic E-state index is 0.0497. The first kappa shape index (κ1) is 23.8. The van der Waals surface area contributed by atoms with Crippen molar-refractivity contribution >= 4 is 40.2 Å². The lowest BCUT2D eigenvalue weighted by Gasteiger charge is -2.36. The molecule has 5 nitrogen and oxygen atoms in total. The molecule has 12 heteroatoms. The first-order chi connectivity index (χ1) is 16.6. The van der Waals surface area contributed by atoms with Crippen LogP contribution < -0.4 is 4.90 Å². The zero-order chi connectivity index (χ0) is 25.1. The van der Waals surface area contributed by atoms with Crippen molar-refractivity contribution in [1.82, 2.24) is 19.9 Å². The topological polar surface area (TPSA) is 57.7 Å². The number of anilines is 1. The molecule has 4 aromatic rings. The summed E-state index contributed by atoms with van der Waals surface area (Å²) in [6, 6.07) is 7.07. The number of benzene rings is 2. The van der Waals surface area contributed by atoms with Crippen LogP contribution in [0.5, 0.6) is 0 Å². The minimum Gasteiger partial charge on any atom is -0.356 e. The Bertz CT molecular complexity index is 1450. The Labute approximate surface area is 205 Å². The standard InChI is InChI=1S/C23H17ClF5N5S/c1-10-3-5-13(17(26)16(10)25)19-18-12(14-9-11(24)4-6-15(14)30-18)7-8-34(19)21-31-20(23(27,28)29)32-22(33-21)35-2/h3-6,9,19,30H,7-8H2,1-2H3/t19-/m0/s1. The summed E-state index contributed by atoms with van der Waals surface area (Å²) in [6.45, 7) is 1.59. The van der Waals surface area contributed by atoms with Crippen LogP contribution in [0.15, 0.2) is 35.5 Å². The van der Waals surface area contributed by atoms with E-state index in [2.05, 4.69) is 19.9 Å². The average Bonchev–Trinajstić information content (AvgIpc) is 3.19. The smallest absolute Gasteiger partial charge is 0.356 e. The predicted octanol–water partition coefficient (Wildman–Crippen LogP) is 6.49. The molecule has 2 aromatic heterocycles. The van der Waals surface area contributed by atoms with Crippen LogP contribution in [0, 0.1) is 18.6 Å². The number of alkyl halides is 3. The second-order valence-corrected chi connectivity index (χ2v) is 9.31. The molecule has 1 atom stereocenters. The molecule has 182 valence electrons. The minimum atomic E-state index is -4.81. The fraction of sp³-hybridized carbons (Fsp3) is 0.261. The van der Waals surface area contributed by atoms with Gasteiger partial charge in [0.25, 0.3) is 0 Å². The number of halogens is 6. The van der Waals surface area contributed by atoms with Crippen LogP contribution in [0.2, 0.25) is 5.02 Å². The Morgan fingerprint density at radius 2 is 1.86 bits per heavy atom. The highest BCUT2D eigenvalue weighted by Gasteiger charge is 2.39. The Hall–Kier alpha value is -2.92. The van der Waals surface area contributed by atoms with Crippen LogP contribution in [-0.4, -0.2) is 32.7 Å². The molecule has 0 saturated heterocycles. The summed E-state index contributed by atoms with van der Waals surface area (Å²) >= 11 is 7.11. The maximum absolute atomic E-state index is 15.3. The fourth-order valence-corrected chi connectivity index (χ4v) is 4.89. The SMILES string of the molecule is CSc1nc(N2CCc3c([nH]c4ccc(Cl)cc34)[C@@H]2c2ccc(C)c(F)c2F)nc(C(F)(F)F)n1. The van der Waals surface area contributed by atoms with Crippen LogP contribution in [0.25, 0.3) is 10.9 Å². The van der Waals surface area contributed by atoms with Gasteiger partial charge in [-0.3, -0.25) is 0 Å². The highest BCUT2D eigenvalue weighted by Crippen LogP contribution is 2.42. The average molecular weight is 526 g/mol. The molecule has 1 N–H and O–H groups in total. The molecule has 0 aliphatic carbocycles. The monoisotopic (exact) mass is 525 g/mol. The summed E-state index contributed by atoms with van der Waals surface area (Å²) in [5.74, 6) is -3.73. The van der Waals surface area contributed by atoms with Crippen LogP contribution >= 0.6 is 23.4 Å². The summed E-state index contributed by atoms with van der Waals surface area (Å²) in [4.78, 5) is 16.0. The molecule has 0 bridgehead atoms. The van der Waals surface area contributed by atoms with Gasteiger partial charge in [-0.15, -0.1) is 0 Å². The number of thioether (sulfide) groups is 1. The van der Waals surface area contributed by atoms with Crippen LogP contribution in [0.3, 0.4) is 0 Å². The molecule has 0 unspecified atom stereocenters. The highest BCUT2D eigenvalue weighted by molar-refractivity contribution is 7.98. The molecule has 1 aliphatic rings. The van der Waals surface area contributed by atoms with Crippen LogP contribution in [0.4, 0.5) is 27.9 Å². The number of nitrogens with zero attached hydrogens (tertiary/aromatic N) is 4. The maximum Gasteiger partial charge on any atom is 0.451 e. The largest absolute Gasteiger partial charge is 0.451 e. The summed E-state index contributed by atoms with van der Waals surface area (Å²) < 4.78 is 70.5. The van der Waals surface area contributed by atoms with Gasteiger partial charge >= 0.3 is 6.18 Å². The van der Waals surface area contributed by atoms with Crippen molar-refractivity contribution < 1.29 is 22.0 Å². The molecule has 0 amide bonds. The van der Waals surface area contributed by atoms with Gasteiger partial charge in [0.15, 0.2) is 16.8 Å². The number of hydrogen-bond acceptors (Lipinski definition) is 5. The van der Waals surface area contributed by atoms with Crippen molar-refractivity contribution in [1.29, 1.82) is 0 Å². The molecule has 0 radical (unpaired) electrons. The number of aromatic nitrogens is 4. The summed E-state index contributed by atoms with van der Waals surface area (Å²) in [7, 11) is 0. The van der Waals surface area contributed by atoms with Gasteiger partial charge in [0.1, 0.15) is 6.04 Å². The van der Waals surface area contributed by atoms with E-state index < -0.39 is 29.7 Å². The molecular formula is C23H17ClF5N5S. The van der Waals surface area contributed by atoms with Crippen molar-refractivity contribution in [2.75, 3.05) is 17.7 Å². The number of nitrogens with one attached hydrogen (secondary N) is 1. The zero-order valence-corrected chi connectivity index (χ0v) is 19.9.